The van der Waals surface area contributed by atoms with Crippen LogP contribution in [-0.4, -0.2) is 15.4 Å². The van der Waals surface area contributed by atoms with E-state index in [0.717, 1.165) is 12.0 Å². The highest BCUT2D eigenvalue weighted by Gasteiger charge is 2.01. The molecule has 1 heterocycles. The highest BCUT2D eigenvalue weighted by molar-refractivity contribution is 5.39. The largest absolute Gasteiger partial charge is 0.382 e. The topological polar surface area (TPSA) is 64.7 Å². The number of rotatable bonds is 2. The number of nitrogen functional groups attached to an aromatic ring is 1. The van der Waals surface area contributed by atoms with E-state index in [2.05, 4.69) is 15.4 Å². The van der Waals surface area contributed by atoms with E-state index in [1.54, 1.807) is 6.20 Å². The van der Waals surface area contributed by atoms with Gasteiger partial charge in [0.15, 0.2) is 5.82 Å². The van der Waals surface area contributed by atoms with Crippen molar-refractivity contribution in [2.75, 3.05) is 5.73 Å². The first kappa shape index (κ1) is 8.62. The van der Waals surface area contributed by atoms with Gasteiger partial charge in [-0.3, -0.25) is 0 Å². The molecule has 2 rings (SSSR count). The van der Waals surface area contributed by atoms with Crippen molar-refractivity contribution in [1.82, 2.24) is 15.4 Å². The Kier molecular flexibility index (Phi) is 2.36. The van der Waals surface area contributed by atoms with Crippen LogP contribution in [-0.2, 0) is 6.42 Å². The summed E-state index contributed by atoms with van der Waals surface area (Å²) in [6.07, 6.45) is 2.39. The summed E-state index contributed by atoms with van der Waals surface area (Å²) in [6, 6.07) is 10.1. The molecule has 1 aromatic heterocycles. The second kappa shape index (κ2) is 3.83. The smallest absolute Gasteiger partial charge is 0.153 e. The Labute approximate surface area is 81.8 Å². The fourth-order valence-electron chi connectivity index (χ4n) is 1.25. The molecule has 4 nitrogen and oxygen atoms in total. The predicted molar refractivity (Wildman–Crippen MR) is 53.5 cm³/mol. The number of nitrogens with two attached hydrogens (primary N) is 1. The lowest BCUT2D eigenvalue weighted by Crippen LogP contribution is -2.01. The molecule has 0 saturated heterocycles. The van der Waals surface area contributed by atoms with Crippen molar-refractivity contribution < 1.29 is 0 Å². The third-order valence-electron chi connectivity index (χ3n) is 1.98. The number of aromatic nitrogens is 3. The molecule has 0 spiro atoms. The molecule has 2 aromatic rings. The quantitative estimate of drug-likeness (QED) is 0.761. The second-order valence-corrected chi connectivity index (χ2v) is 3.01. The van der Waals surface area contributed by atoms with Gasteiger partial charge >= 0.3 is 0 Å². The van der Waals surface area contributed by atoms with E-state index >= 15 is 0 Å². The maximum atomic E-state index is 5.65. The molecule has 0 fully saturated rings. The molecule has 0 atom stereocenters. The Morgan fingerprint density at radius 1 is 1.14 bits per heavy atom. The lowest BCUT2D eigenvalue weighted by Gasteiger charge is -2.01. The fourth-order valence-corrected chi connectivity index (χ4v) is 1.25. The summed E-state index contributed by atoms with van der Waals surface area (Å²) in [6.45, 7) is 0. The van der Waals surface area contributed by atoms with E-state index in [1.165, 1.54) is 5.56 Å². The van der Waals surface area contributed by atoms with Gasteiger partial charge in [0.05, 0.1) is 6.20 Å². The first-order valence-corrected chi connectivity index (χ1v) is 4.33. The van der Waals surface area contributed by atoms with Gasteiger partial charge < -0.3 is 5.73 Å². The molecule has 1 aromatic carbocycles. The third kappa shape index (κ3) is 1.85. The van der Waals surface area contributed by atoms with Gasteiger partial charge in [0.2, 0.25) is 0 Å². The number of anilines is 1. The van der Waals surface area contributed by atoms with E-state index in [0.29, 0.717) is 5.82 Å². The van der Waals surface area contributed by atoms with Crippen molar-refractivity contribution in [3.05, 3.63) is 47.7 Å². The van der Waals surface area contributed by atoms with Crippen LogP contribution in [0.4, 0.5) is 5.82 Å². The molecule has 0 aliphatic rings. The molecular weight excluding hydrogens is 176 g/mol. The lowest BCUT2D eigenvalue weighted by molar-refractivity contribution is 0.854. The number of hydrogen-bond acceptors (Lipinski definition) is 4. The van der Waals surface area contributed by atoms with Crippen LogP contribution in [0.5, 0.6) is 0 Å². The Bertz CT molecular complexity index is 413. The SMILES string of the molecule is Nc1nnncc1Cc1ccccc1. The molecule has 0 aliphatic heterocycles. The zero-order chi connectivity index (χ0) is 9.80. The third-order valence-corrected chi connectivity index (χ3v) is 1.98. The predicted octanol–water partition coefficient (Wildman–Crippen LogP) is 1.04. The molecule has 14 heavy (non-hydrogen) atoms. The van der Waals surface area contributed by atoms with Crippen molar-refractivity contribution in [3.8, 4) is 0 Å². The number of hydrogen-bond donors (Lipinski definition) is 1. The molecule has 0 radical (unpaired) electrons. The van der Waals surface area contributed by atoms with Crippen LogP contribution in [0.3, 0.4) is 0 Å². The van der Waals surface area contributed by atoms with E-state index in [4.69, 9.17) is 5.73 Å². The average molecular weight is 186 g/mol. The summed E-state index contributed by atoms with van der Waals surface area (Å²) >= 11 is 0. The van der Waals surface area contributed by atoms with Gasteiger partial charge in [-0.1, -0.05) is 30.3 Å². The molecule has 0 unspecified atom stereocenters. The molecule has 0 amide bonds. The molecule has 0 aliphatic carbocycles. The van der Waals surface area contributed by atoms with Crippen LogP contribution < -0.4 is 5.73 Å². The van der Waals surface area contributed by atoms with Gasteiger partial charge in [0.25, 0.3) is 0 Å². The van der Waals surface area contributed by atoms with Gasteiger partial charge in [-0.25, -0.2) is 0 Å². The summed E-state index contributed by atoms with van der Waals surface area (Å²) < 4.78 is 0. The van der Waals surface area contributed by atoms with Crippen LogP contribution in [0.2, 0.25) is 0 Å². The normalized spacial score (nSPS) is 10.0. The van der Waals surface area contributed by atoms with E-state index in [1.807, 2.05) is 30.3 Å². The van der Waals surface area contributed by atoms with Gasteiger partial charge in [-0.05, 0) is 10.8 Å². The fraction of sp³-hybridized carbons (Fsp3) is 0.100. The minimum absolute atomic E-state index is 0.448. The maximum absolute atomic E-state index is 5.65. The molecule has 2 N–H and O–H groups in total. The van der Waals surface area contributed by atoms with Crippen molar-refractivity contribution >= 4 is 5.82 Å². The second-order valence-electron chi connectivity index (χ2n) is 3.01. The number of nitrogens with zero attached hydrogens (tertiary/aromatic N) is 3. The van der Waals surface area contributed by atoms with Crippen molar-refractivity contribution in [1.29, 1.82) is 0 Å². The lowest BCUT2D eigenvalue weighted by atomic mass is 10.1. The van der Waals surface area contributed by atoms with E-state index < -0.39 is 0 Å². The van der Waals surface area contributed by atoms with E-state index in [-0.39, 0.29) is 0 Å². The molecular formula is C10H10N4. The highest BCUT2D eigenvalue weighted by Crippen LogP contribution is 2.11. The Balaban J connectivity index is 2.24. The maximum Gasteiger partial charge on any atom is 0.153 e. The Morgan fingerprint density at radius 3 is 2.64 bits per heavy atom. The van der Waals surface area contributed by atoms with Crippen LogP contribution >= 0.6 is 0 Å². The van der Waals surface area contributed by atoms with Gasteiger partial charge in [0.1, 0.15) is 0 Å². The monoisotopic (exact) mass is 186 g/mol. The Morgan fingerprint density at radius 2 is 1.93 bits per heavy atom. The summed E-state index contributed by atoms with van der Waals surface area (Å²) in [4.78, 5) is 0. The van der Waals surface area contributed by atoms with Crippen molar-refractivity contribution in [2.24, 2.45) is 0 Å². The molecule has 4 heteroatoms. The van der Waals surface area contributed by atoms with Crippen LogP contribution in [0.1, 0.15) is 11.1 Å². The summed E-state index contributed by atoms with van der Waals surface area (Å²) in [7, 11) is 0. The van der Waals surface area contributed by atoms with Crippen molar-refractivity contribution in [3.63, 3.8) is 0 Å². The minimum atomic E-state index is 0.448. The summed E-state index contributed by atoms with van der Waals surface area (Å²) in [5.41, 5.74) is 7.75. The molecule has 0 saturated carbocycles. The van der Waals surface area contributed by atoms with Crippen molar-refractivity contribution in [2.45, 2.75) is 6.42 Å². The first-order valence-electron chi connectivity index (χ1n) is 4.33. The summed E-state index contributed by atoms with van der Waals surface area (Å²) in [5.74, 6) is 0.448. The zero-order valence-electron chi connectivity index (χ0n) is 7.59. The highest BCUT2D eigenvalue weighted by atomic mass is 15.3. The minimum Gasteiger partial charge on any atom is -0.382 e. The molecule has 0 bridgehead atoms. The number of benzene rings is 1. The van der Waals surface area contributed by atoms with Crippen LogP contribution in [0.25, 0.3) is 0 Å². The average Bonchev–Trinajstić information content (AvgIpc) is 2.23. The van der Waals surface area contributed by atoms with Gasteiger partial charge in [0, 0.05) is 12.0 Å². The molecule has 70 valence electrons. The Hall–Kier alpha value is -1.97. The summed E-state index contributed by atoms with van der Waals surface area (Å²) in [5, 5.41) is 10.9. The zero-order valence-corrected chi connectivity index (χ0v) is 7.59. The van der Waals surface area contributed by atoms with Gasteiger partial charge in [-0.15, -0.1) is 10.2 Å². The van der Waals surface area contributed by atoms with E-state index in [9.17, 15) is 0 Å². The van der Waals surface area contributed by atoms with Gasteiger partial charge in [-0.2, -0.15) is 0 Å². The van der Waals surface area contributed by atoms with Crippen LogP contribution in [0.15, 0.2) is 36.5 Å². The first-order chi connectivity index (χ1) is 6.86. The van der Waals surface area contributed by atoms with Crippen LogP contribution in [0, 0.1) is 0 Å². The standard InChI is InChI=1S/C10H10N4/c11-10-9(7-12-14-13-10)6-8-4-2-1-3-5-8/h1-5,7H,6H2,(H2,11,12,13).